The van der Waals surface area contributed by atoms with E-state index in [1.807, 2.05) is 68.9 Å². The van der Waals surface area contributed by atoms with Gasteiger partial charge >= 0.3 is 0 Å². The molecular formula is C33H46N6O5. The van der Waals surface area contributed by atoms with Gasteiger partial charge in [0.25, 0.3) is 0 Å². The van der Waals surface area contributed by atoms with Gasteiger partial charge in [0.2, 0.25) is 11.8 Å². The fourth-order valence-electron chi connectivity index (χ4n) is 6.67. The van der Waals surface area contributed by atoms with E-state index in [0.29, 0.717) is 24.6 Å². The topological polar surface area (TPSA) is 115 Å². The van der Waals surface area contributed by atoms with Crippen LogP contribution in [0, 0.1) is 11.8 Å². The van der Waals surface area contributed by atoms with Crippen LogP contribution in [-0.2, 0) is 26.1 Å². The van der Waals surface area contributed by atoms with Gasteiger partial charge in [0, 0.05) is 59.1 Å². The maximum absolute atomic E-state index is 14.0. The first kappa shape index (κ1) is 31.7. The lowest BCUT2D eigenvalue weighted by Gasteiger charge is -2.34. The number of amides is 2. The highest BCUT2D eigenvalue weighted by molar-refractivity contribution is 5.91. The lowest BCUT2D eigenvalue weighted by atomic mass is 9.91. The van der Waals surface area contributed by atoms with Gasteiger partial charge < -0.3 is 29.1 Å². The number of carbonyl (C=O) groups is 2. The maximum Gasteiger partial charge on any atom is 0.243 e. The molecule has 3 aromatic rings. The Kier molecular flexibility index (Phi) is 10.1. The van der Waals surface area contributed by atoms with Gasteiger partial charge in [-0.2, -0.15) is 5.10 Å². The predicted molar refractivity (Wildman–Crippen MR) is 167 cm³/mol. The molecular weight excluding hydrogens is 560 g/mol. The van der Waals surface area contributed by atoms with E-state index in [0.717, 1.165) is 55.0 Å². The Morgan fingerprint density at radius 2 is 1.70 bits per heavy atom. The molecule has 3 atom stereocenters. The first-order valence-corrected chi connectivity index (χ1v) is 15.7. The number of anilines is 1. The summed E-state index contributed by atoms with van der Waals surface area (Å²) in [5.41, 5.74) is 3.09. The molecule has 2 fully saturated rings. The van der Waals surface area contributed by atoms with Crippen molar-refractivity contribution >= 4 is 17.6 Å². The van der Waals surface area contributed by atoms with Crippen molar-refractivity contribution in [2.45, 2.75) is 70.7 Å². The Hall–Kier alpha value is -3.70. The number of aromatic nitrogens is 3. The van der Waals surface area contributed by atoms with Crippen molar-refractivity contribution in [3.63, 3.8) is 0 Å². The van der Waals surface area contributed by atoms with Crippen molar-refractivity contribution in [3.8, 4) is 11.3 Å². The monoisotopic (exact) mass is 606 g/mol. The molecule has 11 heteroatoms. The van der Waals surface area contributed by atoms with Gasteiger partial charge in [-0.1, -0.05) is 43.3 Å². The molecule has 0 bridgehead atoms. The Bertz CT molecular complexity index is 1390. The van der Waals surface area contributed by atoms with Gasteiger partial charge in [-0.05, 0) is 55.7 Å². The molecule has 1 aromatic carbocycles. The molecule has 0 radical (unpaired) electrons. The minimum absolute atomic E-state index is 0.0284. The van der Waals surface area contributed by atoms with E-state index in [-0.39, 0.29) is 30.1 Å². The number of benzene rings is 1. The minimum atomic E-state index is -0.523. The van der Waals surface area contributed by atoms with Gasteiger partial charge in [-0.25, -0.2) is 0 Å². The molecule has 2 aromatic heterocycles. The number of ether oxygens (including phenoxy) is 2. The van der Waals surface area contributed by atoms with E-state index < -0.39 is 12.0 Å². The normalized spacial score (nSPS) is 19.1. The number of piperidine rings is 1. The van der Waals surface area contributed by atoms with Crippen LogP contribution < -0.4 is 10.2 Å². The Labute approximate surface area is 259 Å². The van der Waals surface area contributed by atoms with Crippen molar-refractivity contribution in [3.05, 3.63) is 53.9 Å². The molecule has 2 saturated heterocycles. The van der Waals surface area contributed by atoms with E-state index >= 15 is 0 Å². The summed E-state index contributed by atoms with van der Waals surface area (Å²) in [5.74, 6) is 0.835. The third-order valence-electron chi connectivity index (χ3n) is 9.19. The van der Waals surface area contributed by atoms with Crippen LogP contribution >= 0.6 is 0 Å². The third kappa shape index (κ3) is 6.68. The summed E-state index contributed by atoms with van der Waals surface area (Å²) in [6, 6.07) is 11.3. The average molecular weight is 607 g/mol. The number of carbonyl (C=O) groups excluding carboxylic acids is 2. The maximum atomic E-state index is 14.0. The second kappa shape index (κ2) is 13.9. The fraction of sp³-hybridized carbons (Fsp3) is 0.576. The predicted octanol–water partition coefficient (Wildman–Crippen LogP) is 4.52. The average Bonchev–Trinajstić information content (AvgIpc) is 3.80. The van der Waals surface area contributed by atoms with E-state index in [9.17, 15) is 9.59 Å². The molecule has 44 heavy (non-hydrogen) atoms. The van der Waals surface area contributed by atoms with E-state index in [4.69, 9.17) is 14.0 Å². The van der Waals surface area contributed by atoms with Crippen LogP contribution in [0.5, 0.6) is 0 Å². The lowest BCUT2D eigenvalue weighted by Crippen LogP contribution is -2.48. The SMILES string of the molecule is COC(OC)C1CCN(c2cc([C@H](C(=O)N3CCC[C@H]3C(=O)N[C@@H](C)c3ccc(-c4ccnn4C)cc3)C(C)C)on2)CC1. The van der Waals surface area contributed by atoms with Crippen molar-refractivity contribution < 1.29 is 23.6 Å². The van der Waals surface area contributed by atoms with Crippen molar-refractivity contribution in [2.24, 2.45) is 18.9 Å². The van der Waals surface area contributed by atoms with E-state index in [2.05, 4.69) is 20.5 Å². The summed E-state index contributed by atoms with van der Waals surface area (Å²) in [7, 11) is 5.26. The molecule has 2 aliphatic rings. The quantitative estimate of drug-likeness (QED) is 0.317. The van der Waals surface area contributed by atoms with Crippen LogP contribution in [0.25, 0.3) is 11.3 Å². The molecule has 5 rings (SSSR count). The zero-order valence-electron chi connectivity index (χ0n) is 26.7. The third-order valence-corrected chi connectivity index (χ3v) is 9.19. The second-order valence-electron chi connectivity index (χ2n) is 12.4. The van der Waals surface area contributed by atoms with Crippen LogP contribution in [0.3, 0.4) is 0 Å². The molecule has 0 saturated carbocycles. The summed E-state index contributed by atoms with van der Waals surface area (Å²) >= 11 is 0. The Morgan fingerprint density at radius 1 is 1.00 bits per heavy atom. The van der Waals surface area contributed by atoms with Gasteiger partial charge in [-0.3, -0.25) is 14.3 Å². The number of nitrogens with zero attached hydrogens (tertiary/aromatic N) is 5. The molecule has 0 spiro atoms. The van der Waals surface area contributed by atoms with Crippen LogP contribution in [0.15, 0.2) is 47.1 Å². The summed E-state index contributed by atoms with van der Waals surface area (Å²) < 4.78 is 18.6. The number of hydrogen-bond acceptors (Lipinski definition) is 8. The van der Waals surface area contributed by atoms with Crippen LogP contribution in [0.1, 0.15) is 69.7 Å². The van der Waals surface area contributed by atoms with Crippen LogP contribution in [0.4, 0.5) is 5.82 Å². The van der Waals surface area contributed by atoms with Crippen LogP contribution in [-0.4, -0.2) is 77.8 Å². The van der Waals surface area contributed by atoms with Gasteiger partial charge in [0.1, 0.15) is 12.0 Å². The molecule has 2 aliphatic heterocycles. The fourth-order valence-corrected chi connectivity index (χ4v) is 6.67. The number of hydrogen-bond donors (Lipinski definition) is 1. The lowest BCUT2D eigenvalue weighted by molar-refractivity contribution is -0.141. The van der Waals surface area contributed by atoms with Crippen molar-refractivity contribution in [1.82, 2.24) is 25.2 Å². The number of rotatable bonds is 11. The summed E-state index contributed by atoms with van der Waals surface area (Å²) in [4.78, 5) is 31.5. The van der Waals surface area contributed by atoms with Gasteiger partial charge in [0.05, 0.1) is 11.7 Å². The largest absolute Gasteiger partial charge is 0.358 e. The number of nitrogens with one attached hydrogen (secondary N) is 1. The van der Waals surface area contributed by atoms with Gasteiger partial charge in [-0.15, -0.1) is 0 Å². The first-order chi connectivity index (χ1) is 21.2. The highest BCUT2D eigenvalue weighted by atomic mass is 16.7. The minimum Gasteiger partial charge on any atom is -0.358 e. The molecule has 0 unspecified atom stereocenters. The Balaban J connectivity index is 1.22. The molecule has 1 N–H and O–H groups in total. The highest BCUT2D eigenvalue weighted by Crippen LogP contribution is 2.34. The second-order valence-corrected chi connectivity index (χ2v) is 12.4. The number of likely N-dealkylation sites (tertiary alicyclic amines) is 1. The van der Waals surface area contributed by atoms with Crippen molar-refractivity contribution in [2.75, 3.05) is 38.8 Å². The summed E-state index contributed by atoms with van der Waals surface area (Å²) in [6.45, 7) is 8.14. The summed E-state index contributed by atoms with van der Waals surface area (Å²) in [5, 5.41) is 11.7. The first-order valence-electron chi connectivity index (χ1n) is 15.7. The molecule has 238 valence electrons. The van der Waals surface area contributed by atoms with Crippen LogP contribution in [0.2, 0.25) is 0 Å². The zero-order valence-corrected chi connectivity index (χ0v) is 26.7. The molecule has 4 heterocycles. The molecule has 2 amide bonds. The Morgan fingerprint density at radius 3 is 2.32 bits per heavy atom. The van der Waals surface area contributed by atoms with E-state index in [1.54, 1.807) is 25.3 Å². The van der Waals surface area contributed by atoms with E-state index in [1.165, 1.54) is 0 Å². The molecule has 11 nitrogen and oxygen atoms in total. The van der Waals surface area contributed by atoms with Crippen molar-refractivity contribution in [1.29, 1.82) is 0 Å². The number of methoxy groups -OCH3 is 2. The zero-order chi connectivity index (χ0) is 31.4. The van der Waals surface area contributed by atoms with Gasteiger partial charge in [0.15, 0.2) is 17.9 Å². The smallest absolute Gasteiger partial charge is 0.243 e. The number of aryl methyl sites for hydroxylation is 1. The molecule has 0 aliphatic carbocycles. The highest BCUT2D eigenvalue weighted by Gasteiger charge is 2.40. The standard InChI is InChI=1S/C33H46N6O5/c1-21(2)30(28-20-29(36-44-28)38-18-14-25(15-19-38)33(42-5)43-6)32(41)39-17-7-8-27(39)31(40)35-22(3)23-9-11-24(12-10-23)26-13-16-34-37(26)4/h9-13,16,20-22,25,27,30,33H,7-8,14-15,17-19H2,1-6H3,(H,35,40)/t22-,27-,30+/m0/s1. The summed E-state index contributed by atoms with van der Waals surface area (Å²) in [6.07, 6.45) is 4.81.